The lowest BCUT2D eigenvalue weighted by molar-refractivity contribution is 0.0983. The number of aromatic nitrogens is 2. The number of carbonyl (C=O) groups excluding carboxylic acids is 1. The average molecular weight is 432 g/mol. The number of halogens is 1. The van der Waals surface area contributed by atoms with E-state index >= 15 is 0 Å². The molecule has 0 fully saturated rings. The van der Waals surface area contributed by atoms with Gasteiger partial charge in [0.25, 0.3) is 5.91 Å². The average Bonchev–Trinajstić information content (AvgIpc) is 3.15. The summed E-state index contributed by atoms with van der Waals surface area (Å²) in [6.45, 7) is 5.02. The van der Waals surface area contributed by atoms with Crippen molar-refractivity contribution in [2.24, 2.45) is 0 Å². The zero-order valence-corrected chi connectivity index (χ0v) is 16.9. The number of rotatable bonds is 6. The van der Waals surface area contributed by atoms with E-state index in [2.05, 4.69) is 25.9 Å². The van der Waals surface area contributed by atoms with E-state index in [0.717, 1.165) is 20.8 Å². The van der Waals surface area contributed by atoms with Crippen molar-refractivity contribution < 1.29 is 9.53 Å². The molecule has 5 nitrogen and oxygen atoms in total. The molecule has 0 unspecified atom stereocenters. The van der Waals surface area contributed by atoms with E-state index in [1.807, 2.05) is 50.2 Å². The summed E-state index contributed by atoms with van der Waals surface area (Å²) in [5.74, 6) is 1.27. The van der Waals surface area contributed by atoms with Gasteiger partial charge in [-0.2, -0.15) is 0 Å². The van der Waals surface area contributed by atoms with E-state index in [0.29, 0.717) is 24.7 Å². The first-order valence-corrected chi connectivity index (χ1v) is 9.91. The second kappa shape index (κ2) is 8.42. The van der Waals surface area contributed by atoms with Crippen LogP contribution in [-0.4, -0.2) is 29.0 Å². The molecule has 1 aromatic carbocycles. The molecule has 134 valence electrons. The summed E-state index contributed by atoms with van der Waals surface area (Å²) in [6, 6.07) is 11.4. The molecule has 7 heteroatoms. The quantitative estimate of drug-likeness (QED) is 0.548. The highest BCUT2D eigenvalue weighted by Gasteiger charge is 2.20. The molecule has 3 aromatic rings. The number of nitrogens with zero attached hydrogens (tertiary/aromatic N) is 3. The van der Waals surface area contributed by atoms with E-state index < -0.39 is 0 Å². The van der Waals surface area contributed by atoms with Gasteiger partial charge in [0.1, 0.15) is 22.3 Å². The van der Waals surface area contributed by atoms with Crippen LogP contribution in [0.15, 0.2) is 52.4 Å². The summed E-state index contributed by atoms with van der Waals surface area (Å²) in [4.78, 5) is 23.3. The van der Waals surface area contributed by atoms with E-state index in [4.69, 9.17) is 4.74 Å². The molecule has 26 heavy (non-hydrogen) atoms. The van der Waals surface area contributed by atoms with Gasteiger partial charge in [0.05, 0.1) is 6.61 Å². The minimum absolute atomic E-state index is 0.157. The number of amides is 1. The third-order valence-electron chi connectivity index (χ3n) is 3.69. The number of pyridine rings is 1. The normalized spacial score (nSPS) is 10.6. The molecule has 0 aliphatic carbocycles. The molecule has 0 N–H and O–H groups in total. The zero-order chi connectivity index (χ0) is 18.5. The highest BCUT2D eigenvalue weighted by atomic mass is 79.9. The predicted molar refractivity (Wildman–Crippen MR) is 108 cm³/mol. The molecular weight excluding hydrogens is 414 g/mol. The summed E-state index contributed by atoms with van der Waals surface area (Å²) in [5, 5.41) is 2.59. The number of thiazole rings is 1. The number of benzene rings is 1. The van der Waals surface area contributed by atoms with Crippen LogP contribution in [0.1, 0.15) is 24.3 Å². The van der Waals surface area contributed by atoms with Gasteiger partial charge in [-0.05, 0) is 66.2 Å². The molecule has 0 aliphatic heterocycles. The van der Waals surface area contributed by atoms with E-state index in [1.165, 1.54) is 11.3 Å². The third kappa shape index (κ3) is 4.11. The maximum atomic E-state index is 12.8. The van der Waals surface area contributed by atoms with Crippen LogP contribution < -0.4 is 9.64 Å². The lowest BCUT2D eigenvalue weighted by atomic mass is 10.2. The van der Waals surface area contributed by atoms with E-state index in [-0.39, 0.29) is 5.91 Å². The first-order chi connectivity index (χ1) is 12.6. The standard InChI is InChI=1S/C19H18BrN3O2S/c1-3-23(17-10-7-14(20)11-21-17)19(24)16-12-26-18(22-16)13-5-8-15(9-6-13)25-4-2/h5-12H,3-4H2,1-2H3. The van der Waals surface area contributed by atoms with Crippen molar-refractivity contribution in [1.29, 1.82) is 0 Å². The van der Waals surface area contributed by atoms with Gasteiger partial charge in [-0.25, -0.2) is 9.97 Å². The topological polar surface area (TPSA) is 55.3 Å². The maximum absolute atomic E-state index is 12.8. The van der Waals surface area contributed by atoms with Crippen LogP contribution in [-0.2, 0) is 0 Å². The van der Waals surface area contributed by atoms with Gasteiger partial charge in [0.15, 0.2) is 0 Å². The Kier molecular flexibility index (Phi) is 6.00. The molecule has 2 aromatic heterocycles. The van der Waals surface area contributed by atoms with Gasteiger partial charge in [0.2, 0.25) is 0 Å². The second-order valence-electron chi connectivity index (χ2n) is 5.38. The van der Waals surface area contributed by atoms with Crippen LogP contribution in [0.3, 0.4) is 0 Å². The molecular formula is C19H18BrN3O2S. The van der Waals surface area contributed by atoms with Gasteiger partial charge < -0.3 is 4.74 Å². The van der Waals surface area contributed by atoms with Crippen LogP contribution in [0.5, 0.6) is 5.75 Å². The predicted octanol–water partition coefficient (Wildman–Crippen LogP) is 5.03. The molecule has 0 atom stereocenters. The Morgan fingerprint density at radius 1 is 1.19 bits per heavy atom. The van der Waals surface area contributed by atoms with Gasteiger partial charge in [0, 0.05) is 28.2 Å². The molecule has 0 saturated carbocycles. The molecule has 0 aliphatic rings. The van der Waals surface area contributed by atoms with Gasteiger partial charge >= 0.3 is 0 Å². The monoisotopic (exact) mass is 431 g/mol. The summed E-state index contributed by atoms with van der Waals surface area (Å²) in [5.41, 5.74) is 1.38. The minimum Gasteiger partial charge on any atom is -0.494 e. The van der Waals surface area contributed by atoms with Crippen LogP contribution in [0.2, 0.25) is 0 Å². The summed E-state index contributed by atoms with van der Waals surface area (Å²) >= 11 is 4.81. The summed E-state index contributed by atoms with van der Waals surface area (Å²) < 4.78 is 6.33. The van der Waals surface area contributed by atoms with Crippen molar-refractivity contribution in [2.45, 2.75) is 13.8 Å². The highest BCUT2D eigenvalue weighted by molar-refractivity contribution is 9.10. The molecule has 2 heterocycles. The number of carbonyl (C=O) groups is 1. The minimum atomic E-state index is -0.157. The van der Waals surface area contributed by atoms with Crippen LogP contribution >= 0.6 is 27.3 Å². The van der Waals surface area contributed by atoms with Crippen molar-refractivity contribution in [3.8, 4) is 16.3 Å². The molecule has 0 bridgehead atoms. The maximum Gasteiger partial charge on any atom is 0.278 e. The first-order valence-electron chi connectivity index (χ1n) is 8.24. The van der Waals surface area contributed by atoms with Crippen molar-refractivity contribution >= 4 is 39.0 Å². The lowest BCUT2D eigenvalue weighted by Crippen LogP contribution is -2.31. The SMILES string of the molecule is CCOc1ccc(-c2nc(C(=O)N(CC)c3ccc(Br)cn3)cs2)cc1. The first kappa shape index (κ1) is 18.5. The Bertz CT molecular complexity index is 879. The number of hydrogen-bond acceptors (Lipinski definition) is 5. The summed E-state index contributed by atoms with van der Waals surface area (Å²) in [6.07, 6.45) is 1.68. The Balaban J connectivity index is 1.81. The van der Waals surface area contributed by atoms with Gasteiger partial charge in [-0.3, -0.25) is 9.69 Å². The van der Waals surface area contributed by atoms with Crippen molar-refractivity contribution in [3.63, 3.8) is 0 Å². The molecule has 0 radical (unpaired) electrons. The third-order valence-corrected chi connectivity index (χ3v) is 5.05. The van der Waals surface area contributed by atoms with Gasteiger partial charge in [-0.1, -0.05) is 0 Å². The van der Waals surface area contributed by atoms with Crippen LogP contribution in [0.25, 0.3) is 10.6 Å². The fourth-order valence-electron chi connectivity index (χ4n) is 2.44. The molecule has 1 amide bonds. The Morgan fingerprint density at radius 3 is 2.58 bits per heavy atom. The fourth-order valence-corrected chi connectivity index (χ4v) is 3.48. The largest absolute Gasteiger partial charge is 0.494 e. The highest BCUT2D eigenvalue weighted by Crippen LogP contribution is 2.27. The Hall–Kier alpha value is -2.25. The van der Waals surface area contributed by atoms with Crippen LogP contribution in [0.4, 0.5) is 5.82 Å². The number of ether oxygens (including phenoxy) is 1. The molecule has 0 saturated heterocycles. The smallest absolute Gasteiger partial charge is 0.278 e. The van der Waals surface area contributed by atoms with Crippen molar-refractivity contribution in [2.75, 3.05) is 18.1 Å². The van der Waals surface area contributed by atoms with Crippen LogP contribution in [0, 0.1) is 0 Å². The fraction of sp³-hybridized carbons (Fsp3) is 0.211. The number of hydrogen-bond donors (Lipinski definition) is 0. The summed E-state index contributed by atoms with van der Waals surface area (Å²) in [7, 11) is 0. The van der Waals surface area contributed by atoms with Crippen molar-refractivity contribution in [3.05, 3.63) is 58.1 Å². The lowest BCUT2D eigenvalue weighted by Gasteiger charge is -2.18. The van der Waals surface area contributed by atoms with Crippen molar-refractivity contribution in [1.82, 2.24) is 9.97 Å². The van der Waals surface area contributed by atoms with Gasteiger partial charge in [-0.15, -0.1) is 11.3 Å². The second-order valence-corrected chi connectivity index (χ2v) is 7.15. The zero-order valence-electron chi connectivity index (χ0n) is 14.5. The Morgan fingerprint density at radius 2 is 1.96 bits per heavy atom. The van der Waals surface area contributed by atoms with E-state index in [1.54, 1.807) is 16.5 Å². The number of anilines is 1. The molecule has 3 rings (SSSR count). The Labute approximate surface area is 164 Å². The molecule has 0 spiro atoms. The van der Waals surface area contributed by atoms with E-state index in [9.17, 15) is 4.79 Å².